The van der Waals surface area contributed by atoms with Gasteiger partial charge in [0.1, 0.15) is 23.9 Å². The first kappa shape index (κ1) is 30.9. The Hall–Kier alpha value is -1.35. The highest BCUT2D eigenvalue weighted by atomic mass is 16.7. The van der Waals surface area contributed by atoms with Crippen LogP contribution in [0.25, 0.3) is 0 Å². The molecule has 0 aromatic heterocycles. The first-order valence-corrected chi connectivity index (χ1v) is 13.7. The number of cyclic esters (lactones) is 1. The molecule has 1 N–H and O–H groups in total. The maximum Gasteiger partial charge on any atom is 0.316 e. The van der Waals surface area contributed by atoms with Crippen molar-refractivity contribution >= 4 is 17.5 Å². The number of Topliss-reactive ketones (excluding diaryl/α,β-unsaturated/α-hetero) is 2. The number of carbonyl (C=O) groups is 3. The van der Waals surface area contributed by atoms with E-state index >= 15 is 0 Å². The quantitative estimate of drug-likeness (QED) is 0.451. The third-order valence-corrected chi connectivity index (χ3v) is 8.28. The van der Waals surface area contributed by atoms with E-state index in [2.05, 4.69) is 0 Å². The fourth-order valence-corrected chi connectivity index (χ4v) is 5.71. The van der Waals surface area contributed by atoms with Crippen molar-refractivity contribution in [3.63, 3.8) is 0 Å². The summed E-state index contributed by atoms with van der Waals surface area (Å²) < 4.78 is 18.1. The van der Waals surface area contributed by atoms with Gasteiger partial charge in [-0.3, -0.25) is 14.4 Å². The normalized spacial score (nSPS) is 42.2. The zero-order valence-corrected chi connectivity index (χ0v) is 23.7. The van der Waals surface area contributed by atoms with Gasteiger partial charge in [-0.2, -0.15) is 0 Å². The minimum Gasteiger partial charge on any atom is -0.462 e. The van der Waals surface area contributed by atoms with Gasteiger partial charge in [-0.1, -0.05) is 34.6 Å². The van der Waals surface area contributed by atoms with Gasteiger partial charge in [0.2, 0.25) is 0 Å². The molecule has 2 aliphatic heterocycles. The lowest BCUT2D eigenvalue weighted by atomic mass is 9.80. The predicted molar refractivity (Wildman–Crippen MR) is 137 cm³/mol. The number of likely N-dealkylation sites (N-methyl/N-ethyl adjacent to an activating group) is 1. The van der Waals surface area contributed by atoms with E-state index in [-0.39, 0.29) is 47.6 Å². The Morgan fingerprint density at radius 3 is 2.22 bits per heavy atom. The van der Waals surface area contributed by atoms with E-state index in [1.807, 2.05) is 53.6 Å². The van der Waals surface area contributed by atoms with Crippen molar-refractivity contribution in [1.82, 2.24) is 4.90 Å². The Morgan fingerprint density at radius 1 is 1.00 bits per heavy atom. The molecule has 2 rings (SSSR count). The topological polar surface area (TPSA) is 102 Å². The average molecular weight is 512 g/mol. The number of hydrogen-bond acceptors (Lipinski definition) is 8. The summed E-state index contributed by atoms with van der Waals surface area (Å²) >= 11 is 0. The van der Waals surface area contributed by atoms with Crippen LogP contribution in [0.5, 0.6) is 0 Å². The van der Waals surface area contributed by atoms with Gasteiger partial charge >= 0.3 is 5.97 Å². The lowest BCUT2D eigenvalue weighted by molar-refractivity contribution is -0.278. The number of ether oxygens (including phenoxy) is 3. The fourth-order valence-electron chi connectivity index (χ4n) is 5.71. The molecule has 36 heavy (non-hydrogen) atoms. The molecule has 0 amide bonds. The SMILES string of the molecule is CCC1OC(=O)[C@H](C)C(=O)[C@H](C)[C@@H](O[C@@H]2O[C@H](C)C[C@H](N(C)C)[C@H]2O)[C@@H](C)C[C@@H](C)C(=O)CC[C@H]1C. The zero-order chi connectivity index (χ0) is 27.3. The van der Waals surface area contributed by atoms with E-state index in [0.717, 1.165) is 0 Å². The first-order valence-electron chi connectivity index (χ1n) is 13.7. The van der Waals surface area contributed by atoms with Crippen LogP contribution in [0.2, 0.25) is 0 Å². The van der Waals surface area contributed by atoms with Crippen molar-refractivity contribution in [2.75, 3.05) is 14.1 Å². The van der Waals surface area contributed by atoms with Crippen molar-refractivity contribution in [1.29, 1.82) is 0 Å². The number of aliphatic hydroxyl groups excluding tert-OH is 1. The second-order valence-corrected chi connectivity index (χ2v) is 11.6. The van der Waals surface area contributed by atoms with Crippen LogP contribution in [0, 0.1) is 29.6 Å². The average Bonchev–Trinajstić information content (AvgIpc) is 2.83. The van der Waals surface area contributed by atoms with Gasteiger partial charge in [-0.15, -0.1) is 0 Å². The molecule has 2 heterocycles. The second kappa shape index (κ2) is 13.4. The summed E-state index contributed by atoms with van der Waals surface area (Å²) in [5.74, 6) is -2.59. The number of ketones is 2. The lowest BCUT2D eigenvalue weighted by Crippen LogP contribution is -2.56. The summed E-state index contributed by atoms with van der Waals surface area (Å²) in [7, 11) is 3.81. The summed E-state index contributed by atoms with van der Waals surface area (Å²) in [6.45, 7) is 13.1. The maximum absolute atomic E-state index is 13.5. The summed E-state index contributed by atoms with van der Waals surface area (Å²) in [5.41, 5.74) is 0. The summed E-state index contributed by atoms with van der Waals surface area (Å²) in [6.07, 6.45) is -0.0389. The van der Waals surface area contributed by atoms with Crippen LogP contribution < -0.4 is 0 Å². The van der Waals surface area contributed by atoms with Gasteiger partial charge in [-0.25, -0.2) is 0 Å². The van der Waals surface area contributed by atoms with E-state index in [4.69, 9.17) is 14.2 Å². The molecular formula is C28H49NO7. The van der Waals surface area contributed by atoms with Gasteiger partial charge in [0, 0.05) is 24.3 Å². The number of nitrogens with zero attached hydrogens (tertiary/aromatic N) is 1. The monoisotopic (exact) mass is 511 g/mol. The molecule has 2 aliphatic rings. The number of rotatable bonds is 4. The molecule has 0 bridgehead atoms. The van der Waals surface area contributed by atoms with Crippen LogP contribution in [0.4, 0.5) is 0 Å². The van der Waals surface area contributed by atoms with E-state index < -0.39 is 36.3 Å². The molecule has 208 valence electrons. The molecule has 1 unspecified atom stereocenters. The largest absolute Gasteiger partial charge is 0.462 e. The molecule has 0 saturated carbocycles. The van der Waals surface area contributed by atoms with E-state index in [1.54, 1.807) is 13.8 Å². The van der Waals surface area contributed by atoms with E-state index in [9.17, 15) is 19.5 Å². The number of hydrogen-bond donors (Lipinski definition) is 1. The highest BCUT2D eigenvalue weighted by Gasteiger charge is 2.43. The second-order valence-electron chi connectivity index (χ2n) is 11.6. The Labute approximate surface area is 217 Å². The van der Waals surface area contributed by atoms with Crippen molar-refractivity contribution in [2.24, 2.45) is 29.6 Å². The summed E-state index contributed by atoms with van der Waals surface area (Å²) in [6, 6.07) is -0.152. The summed E-state index contributed by atoms with van der Waals surface area (Å²) in [5, 5.41) is 11.0. The number of aliphatic hydroxyl groups is 1. The van der Waals surface area contributed by atoms with Gasteiger partial charge in [0.05, 0.1) is 12.2 Å². The molecule has 2 fully saturated rings. The zero-order valence-electron chi connectivity index (χ0n) is 23.7. The molecule has 0 radical (unpaired) electrons. The molecule has 0 aliphatic carbocycles. The molecule has 0 aromatic rings. The van der Waals surface area contributed by atoms with Crippen LogP contribution in [0.1, 0.15) is 80.6 Å². The smallest absolute Gasteiger partial charge is 0.316 e. The molecule has 2 saturated heterocycles. The third-order valence-electron chi connectivity index (χ3n) is 8.28. The molecule has 8 heteroatoms. The molecule has 0 aromatic carbocycles. The van der Waals surface area contributed by atoms with Crippen molar-refractivity contribution in [3.05, 3.63) is 0 Å². The van der Waals surface area contributed by atoms with Crippen molar-refractivity contribution in [3.8, 4) is 0 Å². The van der Waals surface area contributed by atoms with Gasteiger partial charge in [-0.05, 0) is 65.5 Å². The van der Waals surface area contributed by atoms with Gasteiger partial charge in [0.15, 0.2) is 12.1 Å². The molecule has 0 spiro atoms. The van der Waals surface area contributed by atoms with E-state index in [1.165, 1.54) is 0 Å². The third kappa shape index (κ3) is 7.59. The molecule has 8 nitrogen and oxygen atoms in total. The standard InChI is InChI=1S/C28H49NO7/c1-10-23-15(2)11-12-22(30)16(3)13-17(4)26(19(6)24(31)20(7)27(33)35-23)36-28-25(32)21(29(8)9)14-18(5)34-28/h15-21,23,25-26,28,32H,10-14H2,1-9H3/t15-,16-,17+,18-,19+,20-,21+,23?,25-,26+,28+/m1/s1. The van der Waals surface area contributed by atoms with Crippen molar-refractivity contribution < 1.29 is 33.7 Å². The van der Waals surface area contributed by atoms with Crippen LogP contribution in [0.3, 0.4) is 0 Å². The van der Waals surface area contributed by atoms with Crippen LogP contribution in [0.15, 0.2) is 0 Å². The lowest BCUT2D eigenvalue weighted by Gasteiger charge is -2.43. The van der Waals surface area contributed by atoms with Crippen LogP contribution in [-0.2, 0) is 28.6 Å². The van der Waals surface area contributed by atoms with Crippen molar-refractivity contribution in [2.45, 2.75) is 117 Å². The Kier molecular flexibility index (Phi) is 11.5. The minimum atomic E-state index is -0.938. The van der Waals surface area contributed by atoms with E-state index in [0.29, 0.717) is 32.1 Å². The number of carbonyl (C=O) groups excluding carboxylic acids is 3. The molecule has 11 atom stereocenters. The summed E-state index contributed by atoms with van der Waals surface area (Å²) in [4.78, 5) is 41.4. The predicted octanol–water partition coefficient (Wildman–Crippen LogP) is 3.62. The van der Waals surface area contributed by atoms with Gasteiger partial charge in [0.25, 0.3) is 0 Å². The fraction of sp³-hybridized carbons (Fsp3) is 0.893. The highest BCUT2D eigenvalue weighted by molar-refractivity contribution is 6.00. The minimum absolute atomic E-state index is 0.0304. The Morgan fingerprint density at radius 2 is 1.64 bits per heavy atom. The number of esters is 1. The van der Waals surface area contributed by atoms with Crippen LogP contribution >= 0.6 is 0 Å². The molecular weight excluding hydrogens is 462 g/mol. The van der Waals surface area contributed by atoms with Crippen LogP contribution in [-0.4, -0.2) is 78.4 Å². The first-order chi connectivity index (χ1) is 16.8. The Balaban J connectivity index is 2.36. The maximum atomic E-state index is 13.5. The highest BCUT2D eigenvalue weighted by Crippen LogP contribution is 2.33. The van der Waals surface area contributed by atoms with Gasteiger partial charge < -0.3 is 24.2 Å². The Bertz CT molecular complexity index is 756.